The van der Waals surface area contributed by atoms with Gasteiger partial charge in [0, 0.05) is 6.92 Å². The molecule has 0 atom stereocenters. The van der Waals surface area contributed by atoms with Gasteiger partial charge in [0.2, 0.25) is 5.91 Å². The zero-order valence-electron chi connectivity index (χ0n) is 27.6. The fourth-order valence-electron chi connectivity index (χ4n) is 4.24. The Bertz CT molecular complexity index is 2560. The van der Waals surface area contributed by atoms with E-state index in [0.717, 1.165) is 30.7 Å². The first-order chi connectivity index (χ1) is 25.1. The van der Waals surface area contributed by atoms with Gasteiger partial charge in [-0.15, -0.1) is 20.5 Å². The Balaban J connectivity index is 1.69. The molecule has 4 aromatic carbocycles. The van der Waals surface area contributed by atoms with Crippen LogP contribution >= 0.6 is 0 Å². The predicted octanol–water partition coefficient (Wildman–Crippen LogP) is 6.15. The highest BCUT2D eigenvalue weighted by atomic mass is 32.3. The number of hydrogen-bond donors (Lipinski definition) is 6. The molecule has 0 heterocycles. The number of benzene rings is 4. The molecule has 0 aliphatic heterocycles. The quantitative estimate of drug-likeness (QED) is 0.0615. The molecule has 0 aliphatic rings. The standard InChI is InChI=1S/C30H27N7O14S3/c1-16-3-5-18(6-4-16)32-36-27-21(30(41)42)15-25(39)28(29(27)40)37-33-19-7-9-22(24(13-19)31-17(2)38)34-35-23-10-8-20(14-26(23)53(45,46)47)52(43,44)12-11-51-54(48,49)50/h3-10,13-15,39-40H,11-12H2,1-2H3,(H,31,38)(H,41,42)(H,45,46,47)(H,48,49,50). The number of azo groups is 3. The lowest BCUT2D eigenvalue weighted by molar-refractivity contribution is -0.114. The lowest BCUT2D eigenvalue weighted by Crippen LogP contribution is -2.16. The summed E-state index contributed by atoms with van der Waals surface area (Å²) >= 11 is 0. The highest BCUT2D eigenvalue weighted by Gasteiger charge is 2.24. The van der Waals surface area contributed by atoms with Crippen LogP contribution in [-0.2, 0) is 39.3 Å². The van der Waals surface area contributed by atoms with E-state index in [2.05, 4.69) is 40.2 Å². The number of aromatic carboxylic acids is 1. The summed E-state index contributed by atoms with van der Waals surface area (Å²) in [7, 11) is -14.5. The molecule has 0 aliphatic carbocycles. The van der Waals surface area contributed by atoms with Crippen LogP contribution in [0.1, 0.15) is 22.8 Å². The van der Waals surface area contributed by atoms with Crippen molar-refractivity contribution >= 4 is 82.0 Å². The average Bonchev–Trinajstić information content (AvgIpc) is 3.06. The molecular formula is C30H27N7O14S3. The number of nitrogens with one attached hydrogen (secondary N) is 1. The number of aryl methyl sites for hydroxylation is 1. The molecule has 0 fully saturated rings. The molecule has 0 bridgehead atoms. The summed E-state index contributed by atoms with van der Waals surface area (Å²) in [6.07, 6.45) is 0. The number of sulfone groups is 1. The van der Waals surface area contributed by atoms with Crippen LogP contribution in [0.5, 0.6) is 11.5 Å². The van der Waals surface area contributed by atoms with Gasteiger partial charge in [-0.3, -0.25) is 13.9 Å². The van der Waals surface area contributed by atoms with Crippen molar-refractivity contribution in [1.82, 2.24) is 0 Å². The molecule has 4 rings (SSSR count). The zero-order valence-corrected chi connectivity index (χ0v) is 30.0. The minimum atomic E-state index is -5.14. The second kappa shape index (κ2) is 16.3. The number of carbonyl (C=O) groups is 2. The lowest BCUT2D eigenvalue weighted by atomic mass is 10.1. The molecule has 0 radical (unpaired) electrons. The molecule has 4 aromatic rings. The monoisotopic (exact) mass is 805 g/mol. The maximum Gasteiger partial charge on any atom is 0.397 e. The number of nitrogens with zero attached hydrogens (tertiary/aromatic N) is 6. The first-order valence-electron chi connectivity index (χ1n) is 14.7. The number of hydrogen-bond acceptors (Lipinski definition) is 17. The smallest absolute Gasteiger partial charge is 0.397 e. The van der Waals surface area contributed by atoms with Gasteiger partial charge in [-0.2, -0.15) is 27.1 Å². The minimum Gasteiger partial charge on any atom is -0.505 e. The second-order valence-electron chi connectivity index (χ2n) is 10.8. The molecule has 0 unspecified atom stereocenters. The third-order valence-electron chi connectivity index (χ3n) is 6.73. The second-order valence-corrected chi connectivity index (χ2v) is 15.4. The Morgan fingerprint density at radius 2 is 1.33 bits per heavy atom. The van der Waals surface area contributed by atoms with E-state index in [1.807, 2.05) is 6.92 Å². The Labute approximate surface area is 306 Å². The van der Waals surface area contributed by atoms with Crippen molar-refractivity contribution in [2.75, 3.05) is 17.7 Å². The highest BCUT2D eigenvalue weighted by molar-refractivity contribution is 7.91. The number of aromatic hydroxyl groups is 2. The van der Waals surface area contributed by atoms with E-state index >= 15 is 0 Å². The summed E-state index contributed by atoms with van der Waals surface area (Å²) < 4.78 is 93.3. The molecule has 24 heteroatoms. The van der Waals surface area contributed by atoms with Gasteiger partial charge < -0.3 is 20.6 Å². The number of amides is 1. The van der Waals surface area contributed by atoms with Crippen LogP contribution in [0.4, 0.5) is 39.8 Å². The fourth-order valence-corrected chi connectivity index (χ4v) is 6.47. The van der Waals surface area contributed by atoms with Crippen molar-refractivity contribution in [1.29, 1.82) is 0 Å². The van der Waals surface area contributed by atoms with Gasteiger partial charge in [0.25, 0.3) is 10.1 Å². The molecule has 284 valence electrons. The van der Waals surface area contributed by atoms with Gasteiger partial charge in [0.1, 0.15) is 27.7 Å². The number of carboxylic acid groups (broad SMARTS) is 1. The summed E-state index contributed by atoms with van der Waals surface area (Å²) in [5.41, 5.74) is -1.27. The van der Waals surface area contributed by atoms with Crippen molar-refractivity contribution in [3.05, 3.63) is 77.9 Å². The van der Waals surface area contributed by atoms with E-state index in [4.69, 9.17) is 4.55 Å². The van der Waals surface area contributed by atoms with Crippen LogP contribution in [-0.4, -0.2) is 73.9 Å². The Kier molecular flexibility index (Phi) is 12.3. The number of anilines is 1. The Morgan fingerprint density at radius 3 is 1.94 bits per heavy atom. The summed E-state index contributed by atoms with van der Waals surface area (Å²) in [6.45, 7) is 1.97. The molecule has 54 heavy (non-hydrogen) atoms. The third-order valence-corrected chi connectivity index (χ3v) is 9.76. The number of rotatable bonds is 14. The van der Waals surface area contributed by atoms with Crippen LogP contribution in [0, 0.1) is 6.92 Å². The lowest BCUT2D eigenvalue weighted by Gasteiger charge is -2.09. The largest absolute Gasteiger partial charge is 0.505 e. The van der Waals surface area contributed by atoms with E-state index in [1.54, 1.807) is 24.3 Å². The first-order valence-corrected chi connectivity index (χ1v) is 19.1. The molecule has 0 spiro atoms. The zero-order chi connectivity index (χ0) is 40.0. The first kappa shape index (κ1) is 40.7. The van der Waals surface area contributed by atoms with E-state index in [-0.39, 0.29) is 17.1 Å². The molecule has 0 saturated heterocycles. The minimum absolute atomic E-state index is 0.0344. The van der Waals surface area contributed by atoms with Crippen LogP contribution in [0.25, 0.3) is 0 Å². The number of carboxylic acids is 1. The molecule has 6 N–H and O–H groups in total. The number of phenols is 2. The van der Waals surface area contributed by atoms with Gasteiger partial charge in [0.05, 0.1) is 39.9 Å². The van der Waals surface area contributed by atoms with E-state index in [0.29, 0.717) is 11.8 Å². The van der Waals surface area contributed by atoms with Crippen molar-refractivity contribution < 1.29 is 63.5 Å². The summed E-state index contributed by atoms with van der Waals surface area (Å²) in [6, 6.07) is 13.4. The van der Waals surface area contributed by atoms with Gasteiger partial charge in [-0.25, -0.2) is 17.4 Å². The maximum absolute atomic E-state index is 12.6. The summed E-state index contributed by atoms with van der Waals surface area (Å²) in [4.78, 5) is 22.1. The summed E-state index contributed by atoms with van der Waals surface area (Å²) in [5, 5.41) is 56.6. The molecular weight excluding hydrogens is 779 g/mol. The fraction of sp³-hybridized carbons (Fsp3) is 0.133. The van der Waals surface area contributed by atoms with E-state index in [1.165, 1.54) is 18.2 Å². The van der Waals surface area contributed by atoms with Crippen LogP contribution < -0.4 is 5.32 Å². The summed E-state index contributed by atoms with van der Waals surface area (Å²) in [5.74, 6) is -4.82. The van der Waals surface area contributed by atoms with Crippen LogP contribution in [0.2, 0.25) is 0 Å². The van der Waals surface area contributed by atoms with E-state index < -0.39 is 98.5 Å². The van der Waals surface area contributed by atoms with Gasteiger partial charge >= 0.3 is 16.4 Å². The molecule has 0 saturated carbocycles. The van der Waals surface area contributed by atoms with Crippen LogP contribution in [0.3, 0.4) is 0 Å². The Morgan fingerprint density at radius 1 is 0.741 bits per heavy atom. The van der Waals surface area contributed by atoms with Crippen molar-refractivity contribution in [2.24, 2.45) is 30.7 Å². The normalized spacial score (nSPS) is 12.5. The van der Waals surface area contributed by atoms with Crippen molar-refractivity contribution in [2.45, 2.75) is 23.6 Å². The molecule has 21 nitrogen and oxygen atoms in total. The molecule has 0 aromatic heterocycles. The van der Waals surface area contributed by atoms with Crippen molar-refractivity contribution in [3.8, 4) is 11.5 Å². The van der Waals surface area contributed by atoms with E-state index in [9.17, 15) is 54.7 Å². The van der Waals surface area contributed by atoms with Crippen molar-refractivity contribution in [3.63, 3.8) is 0 Å². The predicted molar refractivity (Wildman–Crippen MR) is 187 cm³/mol. The average molecular weight is 806 g/mol. The number of phenolic OH excluding ortho intramolecular Hbond substituents is 2. The maximum atomic E-state index is 12.6. The Hall–Kier alpha value is -6.05. The van der Waals surface area contributed by atoms with Gasteiger partial charge in [0.15, 0.2) is 21.3 Å². The van der Waals surface area contributed by atoms with Crippen LogP contribution in [0.15, 0.2) is 107 Å². The third kappa shape index (κ3) is 10.7. The van der Waals surface area contributed by atoms with Gasteiger partial charge in [-0.1, -0.05) is 17.7 Å². The number of carbonyl (C=O) groups excluding carboxylic acids is 1. The SMILES string of the molecule is CC(=O)Nc1cc(N=Nc2c(O)cc(C(=O)O)c(N=Nc3ccc(C)cc3)c2O)ccc1N=Nc1ccc(S(=O)(=O)CCOS(=O)(=O)O)cc1S(=O)(=O)O. The molecule has 1 amide bonds. The topological polar surface area (TPSA) is 333 Å². The highest BCUT2D eigenvalue weighted by Crippen LogP contribution is 2.47. The van der Waals surface area contributed by atoms with Gasteiger partial charge in [-0.05, 0) is 61.5 Å².